The number of aromatic nitrogens is 2. The summed E-state index contributed by atoms with van der Waals surface area (Å²) in [5.41, 5.74) is 0.945. The van der Waals surface area contributed by atoms with Crippen LogP contribution in [0, 0.1) is 5.92 Å². The number of likely N-dealkylation sites (N-methyl/N-ethyl adjacent to an activating group) is 1. The molecule has 2 aliphatic heterocycles. The van der Waals surface area contributed by atoms with Crippen molar-refractivity contribution in [2.24, 2.45) is 5.92 Å². The van der Waals surface area contributed by atoms with Gasteiger partial charge in [0.25, 0.3) is 0 Å². The van der Waals surface area contributed by atoms with Crippen LogP contribution in [0.2, 0.25) is 0 Å². The van der Waals surface area contributed by atoms with Crippen LogP contribution in [-0.4, -0.2) is 65.3 Å². The van der Waals surface area contributed by atoms with Gasteiger partial charge in [-0.3, -0.25) is 9.59 Å². The van der Waals surface area contributed by atoms with Crippen molar-refractivity contribution in [2.45, 2.75) is 51.4 Å². The van der Waals surface area contributed by atoms with Crippen molar-refractivity contribution in [3.8, 4) is 0 Å². The van der Waals surface area contributed by atoms with Gasteiger partial charge >= 0.3 is 0 Å². The molecular formula is C20H31N5O2. The van der Waals surface area contributed by atoms with Gasteiger partial charge in [0.2, 0.25) is 11.8 Å². The minimum Gasteiger partial charge on any atom is -0.373 e. The minimum absolute atomic E-state index is 0.129. The van der Waals surface area contributed by atoms with Gasteiger partial charge in [-0.25, -0.2) is 9.97 Å². The maximum atomic E-state index is 12.3. The summed E-state index contributed by atoms with van der Waals surface area (Å²) >= 11 is 0. The highest BCUT2D eigenvalue weighted by Gasteiger charge is 2.31. The second-order valence-electron chi connectivity index (χ2n) is 8.21. The average molecular weight is 374 g/mol. The Labute approximate surface area is 161 Å². The molecule has 7 nitrogen and oxygen atoms in total. The molecule has 3 rings (SSSR count). The van der Waals surface area contributed by atoms with Crippen LogP contribution in [-0.2, 0) is 9.59 Å². The molecule has 0 saturated carbocycles. The number of likely N-dealkylation sites (tertiary alicyclic amines) is 2. The van der Waals surface area contributed by atoms with E-state index in [4.69, 9.17) is 4.98 Å². The third-order valence-corrected chi connectivity index (χ3v) is 5.57. The summed E-state index contributed by atoms with van der Waals surface area (Å²) in [6.07, 6.45) is 2.90. The van der Waals surface area contributed by atoms with Crippen molar-refractivity contribution in [3.05, 3.63) is 17.6 Å². The Morgan fingerprint density at radius 2 is 1.96 bits per heavy atom. The van der Waals surface area contributed by atoms with Crippen LogP contribution in [0.4, 0.5) is 5.82 Å². The molecule has 2 aliphatic rings. The second kappa shape index (κ2) is 8.23. The first-order chi connectivity index (χ1) is 12.9. The lowest BCUT2D eigenvalue weighted by molar-refractivity contribution is -0.133. The number of rotatable bonds is 5. The number of carbonyl (C=O) groups is 2. The normalized spacial score (nSPS) is 21.2. The molecule has 27 heavy (non-hydrogen) atoms. The van der Waals surface area contributed by atoms with Crippen LogP contribution >= 0.6 is 0 Å². The van der Waals surface area contributed by atoms with Crippen LogP contribution in [0.25, 0.3) is 0 Å². The quantitative estimate of drug-likeness (QED) is 0.856. The predicted molar refractivity (Wildman–Crippen MR) is 105 cm³/mol. The van der Waals surface area contributed by atoms with Gasteiger partial charge in [0.1, 0.15) is 11.6 Å². The van der Waals surface area contributed by atoms with Gasteiger partial charge in [0, 0.05) is 64.5 Å². The fourth-order valence-corrected chi connectivity index (χ4v) is 3.93. The van der Waals surface area contributed by atoms with Crippen LogP contribution in [0.1, 0.15) is 62.9 Å². The topological polar surface area (TPSA) is 78.4 Å². The Hall–Kier alpha value is -2.18. The molecule has 1 atom stereocenters. The zero-order valence-electron chi connectivity index (χ0n) is 16.9. The summed E-state index contributed by atoms with van der Waals surface area (Å²) < 4.78 is 0. The van der Waals surface area contributed by atoms with Gasteiger partial charge in [-0.2, -0.15) is 0 Å². The molecule has 0 spiro atoms. The number of carbonyl (C=O) groups excluding carboxylic acids is 2. The van der Waals surface area contributed by atoms with Gasteiger partial charge in [-0.15, -0.1) is 0 Å². The molecule has 1 aromatic heterocycles. The minimum atomic E-state index is 0.129. The third-order valence-electron chi connectivity index (χ3n) is 5.57. The second-order valence-corrected chi connectivity index (χ2v) is 8.21. The first kappa shape index (κ1) is 19.6. The highest BCUT2D eigenvalue weighted by Crippen LogP contribution is 2.31. The highest BCUT2D eigenvalue weighted by atomic mass is 16.2. The summed E-state index contributed by atoms with van der Waals surface area (Å²) in [5, 5.41) is 3.13. The first-order valence-electron chi connectivity index (χ1n) is 9.95. The largest absolute Gasteiger partial charge is 0.373 e. The molecule has 0 aromatic carbocycles. The number of nitrogens with zero attached hydrogens (tertiary/aromatic N) is 4. The van der Waals surface area contributed by atoms with E-state index in [1.807, 2.05) is 25.1 Å². The Bertz CT molecular complexity index is 698. The van der Waals surface area contributed by atoms with E-state index in [0.717, 1.165) is 43.3 Å². The van der Waals surface area contributed by atoms with E-state index >= 15 is 0 Å². The molecule has 0 bridgehead atoms. The van der Waals surface area contributed by atoms with Gasteiger partial charge < -0.3 is 15.1 Å². The van der Waals surface area contributed by atoms with E-state index in [-0.39, 0.29) is 23.7 Å². The SMILES string of the molecule is CNc1cc([C@H]2CC(=O)N(C)C2)nc(C2CCN(C(=O)CC(C)C)CC2)n1. The summed E-state index contributed by atoms with van der Waals surface area (Å²) in [7, 11) is 3.70. The van der Waals surface area contributed by atoms with Gasteiger partial charge in [-0.05, 0) is 18.8 Å². The maximum absolute atomic E-state index is 12.3. The number of nitrogens with one attached hydrogen (secondary N) is 1. The van der Waals surface area contributed by atoms with Crippen molar-refractivity contribution >= 4 is 17.6 Å². The first-order valence-corrected chi connectivity index (χ1v) is 9.95. The average Bonchev–Trinajstić information content (AvgIpc) is 2.99. The lowest BCUT2D eigenvalue weighted by Crippen LogP contribution is -2.38. The van der Waals surface area contributed by atoms with Crippen LogP contribution in [0.15, 0.2) is 6.07 Å². The summed E-state index contributed by atoms with van der Waals surface area (Å²) in [5.74, 6) is 2.84. The van der Waals surface area contributed by atoms with Crippen molar-refractivity contribution in [2.75, 3.05) is 39.0 Å². The molecule has 1 aromatic rings. The fourth-order valence-electron chi connectivity index (χ4n) is 3.93. The van der Waals surface area contributed by atoms with Crippen molar-refractivity contribution in [3.63, 3.8) is 0 Å². The lowest BCUT2D eigenvalue weighted by atomic mass is 9.94. The Morgan fingerprint density at radius 1 is 1.26 bits per heavy atom. The Morgan fingerprint density at radius 3 is 2.52 bits per heavy atom. The number of hydrogen-bond acceptors (Lipinski definition) is 5. The van der Waals surface area contributed by atoms with E-state index in [2.05, 4.69) is 24.1 Å². The van der Waals surface area contributed by atoms with E-state index in [0.29, 0.717) is 25.3 Å². The number of amides is 2. The van der Waals surface area contributed by atoms with E-state index < -0.39 is 0 Å². The van der Waals surface area contributed by atoms with Crippen molar-refractivity contribution in [1.29, 1.82) is 0 Å². The number of piperidine rings is 1. The van der Waals surface area contributed by atoms with E-state index in [1.165, 1.54) is 0 Å². The highest BCUT2D eigenvalue weighted by molar-refractivity contribution is 5.79. The zero-order valence-corrected chi connectivity index (χ0v) is 16.9. The monoisotopic (exact) mass is 373 g/mol. The summed E-state index contributed by atoms with van der Waals surface area (Å²) in [4.78, 5) is 37.5. The Kier molecular flexibility index (Phi) is 5.97. The van der Waals surface area contributed by atoms with E-state index in [9.17, 15) is 9.59 Å². The van der Waals surface area contributed by atoms with Gasteiger partial charge in [0.15, 0.2) is 0 Å². The van der Waals surface area contributed by atoms with Crippen molar-refractivity contribution < 1.29 is 9.59 Å². The molecule has 3 heterocycles. The zero-order chi connectivity index (χ0) is 19.6. The van der Waals surface area contributed by atoms with Crippen LogP contribution < -0.4 is 5.32 Å². The molecule has 148 valence electrons. The lowest BCUT2D eigenvalue weighted by Gasteiger charge is -2.32. The van der Waals surface area contributed by atoms with Crippen LogP contribution in [0.5, 0.6) is 0 Å². The molecule has 0 aliphatic carbocycles. The molecule has 2 amide bonds. The standard InChI is InChI=1S/C20H31N5O2/c1-13(2)9-19(27)25-7-5-14(6-8-25)20-22-16(11-17(21-3)23-20)15-10-18(26)24(4)12-15/h11,13-15H,5-10,12H2,1-4H3,(H,21,22,23)/t15-/m0/s1. The smallest absolute Gasteiger partial charge is 0.223 e. The van der Waals surface area contributed by atoms with E-state index in [1.54, 1.807) is 4.90 Å². The molecule has 7 heteroatoms. The third kappa shape index (κ3) is 4.57. The molecule has 1 N–H and O–H groups in total. The van der Waals surface area contributed by atoms with Gasteiger partial charge in [-0.1, -0.05) is 13.8 Å². The van der Waals surface area contributed by atoms with Crippen molar-refractivity contribution in [1.82, 2.24) is 19.8 Å². The van der Waals surface area contributed by atoms with Gasteiger partial charge in [0.05, 0.1) is 5.69 Å². The summed E-state index contributed by atoms with van der Waals surface area (Å²) in [6, 6.07) is 1.96. The number of anilines is 1. The number of hydrogen-bond donors (Lipinski definition) is 1. The maximum Gasteiger partial charge on any atom is 0.223 e. The molecule has 2 fully saturated rings. The molecule has 0 unspecified atom stereocenters. The molecule has 0 radical (unpaired) electrons. The Balaban J connectivity index is 1.71. The molecular weight excluding hydrogens is 342 g/mol. The predicted octanol–water partition coefficient (Wildman–Crippen LogP) is 2.22. The molecule has 2 saturated heterocycles. The van der Waals surface area contributed by atoms with Crippen LogP contribution in [0.3, 0.4) is 0 Å². The summed E-state index contributed by atoms with van der Waals surface area (Å²) in [6.45, 7) is 6.40. The fraction of sp³-hybridized carbons (Fsp3) is 0.700.